The molecule has 0 aliphatic rings. The quantitative estimate of drug-likeness (QED) is 0.200. The summed E-state index contributed by atoms with van der Waals surface area (Å²) in [5.74, 6) is -0.670. The number of allylic oxidation sites excluding steroid dienone is 8. The van der Waals surface area contributed by atoms with E-state index in [1.54, 1.807) is 0 Å². The maximum Gasteiger partial charge on any atom is 0.303 e. The number of unbranched alkanes of at least 4 members (excludes halogenated alkanes) is 6. The summed E-state index contributed by atoms with van der Waals surface area (Å²) in [5, 5.41) is 8.58. The number of hydrogen-bond acceptors (Lipinski definition) is 1. The summed E-state index contributed by atoms with van der Waals surface area (Å²) in [6.07, 6.45) is 25.6. The van der Waals surface area contributed by atoms with Crippen LogP contribution >= 0.6 is 0 Å². The summed E-state index contributed by atoms with van der Waals surface area (Å²) >= 11 is 0. The van der Waals surface area contributed by atoms with Crippen LogP contribution in [0.25, 0.3) is 0 Å². The van der Waals surface area contributed by atoms with Gasteiger partial charge in [0.05, 0.1) is 0 Å². The number of hydrogen-bond donors (Lipinski definition) is 1. The van der Waals surface area contributed by atoms with Crippen LogP contribution in [-0.4, -0.2) is 11.1 Å². The number of carboxylic acids is 1. The topological polar surface area (TPSA) is 37.3 Å². The second-order valence-electron chi connectivity index (χ2n) is 8.22. The van der Waals surface area contributed by atoms with Gasteiger partial charge in [-0.1, -0.05) is 72.8 Å². The predicted molar refractivity (Wildman–Crippen MR) is 124 cm³/mol. The highest BCUT2D eigenvalue weighted by molar-refractivity contribution is 5.66. The maximum atomic E-state index is 10.4. The molecule has 0 saturated heterocycles. The Balaban J connectivity index is 3.64. The first kappa shape index (κ1) is 26.4. The van der Waals surface area contributed by atoms with Crippen LogP contribution < -0.4 is 0 Å². The lowest BCUT2D eigenvalue weighted by Gasteiger charge is -2.01. The van der Waals surface area contributed by atoms with E-state index in [2.05, 4.69) is 58.1 Å². The standard InChI is InChI=1S/C26H44O2/c1-23(2)17-15-19-25(4)21-16-20-24(3)18-13-11-9-7-5-6-8-10-12-14-22-26(27)28/h9,11,17-18,21H,5-8,10,12-16,19-20,22H2,1-4H3,(H,27,28). The molecule has 2 heteroatoms. The third-order valence-electron chi connectivity index (χ3n) is 4.90. The van der Waals surface area contributed by atoms with Crippen molar-refractivity contribution in [3.63, 3.8) is 0 Å². The monoisotopic (exact) mass is 388 g/mol. The lowest BCUT2D eigenvalue weighted by atomic mass is 10.1. The molecule has 28 heavy (non-hydrogen) atoms. The van der Waals surface area contributed by atoms with Crippen molar-refractivity contribution in [2.45, 2.75) is 111 Å². The summed E-state index contributed by atoms with van der Waals surface area (Å²) in [6, 6.07) is 0. The van der Waals surface area contributed by atoms with Crippen molar-refractivity contribution in [3.05, 3.63) is 47.1 Å². The van der Waals surface area contributed by atoms with Gasteiger partial charge < -0.3 is 5.11 Å². The molecule has 0 aromatic heterocycles. The summed E-state index contributed by atoms with van der Waals surface area (Å²) < 4.78 is 0. The molecule has 0 aliphatic heterocycles. The first-order valence-corrected chi connectivity index (χ1v) is 11.2. The minimum absolute atomic E-state index is 0.321. The molecule has 2 nitrogen and oxygen atoms in total. The van der Waals surface area contributed by atoms with E-state index in [1.165, 1.54) is 48.8 Å². The van der Waals surface area contributed by atoms with Gasteiger partial charge in [-0.05, 0) is 79.1 Å². The second kappa shape index (κ2) is 18.8. The van der Waals surface area contributed by atoms with E-state index in [-0.39, 0.29) is 0 Å². The predicted octanol–water partition coefficient (Wildman–Crippen LogP) is 8.56. The third kappa shape index (κ3) is 20.7. The first-order valence-electron chi connectivity index (χ1n) is 11.2. The molecule has 0 aliphatic carbocycles. The molecule has 0 aromatic rings. The van der Waals surface area contributed by atoms with Crippen molar-refractivity contribution < 1.29 is 9.90 Å². The molecule has 0 saturated carbocycles. The van der Waals surface area contributed by atoms with Gasteiger partial charge in [-0.2, -0.15) is 0 Å². The van der Waals surface area contributed by atoms with Crippen LogP contribution in [0.1, 0.15) is 111 Å². The molecule has 0 fully saturated rings. The average Bonchev–Trinajstić information content (AvgIpc) is 2.62. The van der Waals surface area contributed by atoms with Crippen LogP contribution in [-0.2, 0) is 4.79 Å². The summed E-state index contributed by atoms with van der Waals surface area (Å²) in [4.78, 5) is 10.4. The Morgan fingerprint density at radius 2 is 1.21 bits per heavy atom. The van der Waals surface area contributed by atoms with Crippen molar-refractivity contribution in [2.24, 2.45) is 0 Å². The smallest absolute Gasteiger partial charge is 0.303 e. The van der Waals surface area contributed by atoms with Crippen LogP contribution in [0.3, 0.4) is 0 Å². The molecule has 1 N–H and O–H groups in total. The molecule has 0 aromatic carbocycles. The fraction of sp³-hybridized carbons (Fsp3) is 0.654. The van der Waals surface area contributed by atoms with Gasteiger partial charge in [-0.25, -0.2) is 0 Å². The van der Waals surface area contributed by atoms with Crippen LogP contribution in [0.2, 0.25) is 0 Å². The molecule has 0 rings (SSSR count). The second-order valence-corrected chi connectivity index (χ2v) is 8.22. The van der Waals surface area contributed by atoms with Gasteiger partial charge in [0.1, 0.15) is 0 Å². The maximum absolute atomic E-state index is 10.4. The Morgan fingerprint density at radius 1 is 0.643 bits per heavy atom. The lowest BCUT2D eigenvalue weighted by Crippen LogP contribution is -1.93. The first-order chi connectivity index (χ1) is 13.4. The van der Waals surface area contributed by atoms with Gasteiger partial charge in [0, 0.05) is 6.42 Å². The molecule has 0 unspecified atom stereocenters. The van der Waals surface area contributed by atoms with E-state index >= 15 is 0 Å². The van der Waals surface area contributed by atoms with Crippen molar-refractivity contribution in [3.8, 4) is 0 Å². The largest absolute Gasteiger partial charge is 0.481 e. The number of aliphatic carboxylic acids is 1. The van der Waals surface area contributed by atoms with Crippen LogP contribution in [0, 0.1) is 0 Å². The van der Waals surface area contributed by atoms with Crippen LogP contribution in [0.4, 0.5) is 0 Å². The van der Waals surface area contributed by atoms with Crippen LogP contribution in [0.5, 0.6) is 0 Å². The molecule has 0 amide bonds. The molecule has 160 valence electrons. The summed E-state index contributed by atoms with van der Waals surface area (Å²) in [6.45, 7) is 8.81. The van der Waals surface area contributed by atoms with E-state index in [1.807, 2.05) is 0 Å². The highest BCUT2D eigenvalue weighted by atomic mass is 16.4. The Kier molecular flexibility index (Phi) is 17.7. The zero-order valence-electron chi connectivity index (χ0n) is 18.9. The summed E-state index contributed by atoms with van der Waals surface area (Å²) in [7, 11) is 0. The van der Waals surface area contributed by atoms with Crippen molar-refractivity contribution in [2.75, 3.05) is 0 Å². The fourth-order valence-corrected chi connectivity index (χ4v) is 3.07. The normalized spacial score (nSPS) is 12.6. The van der Waals surface area contributed by atoms with Gasteiger partial charge in [-0.3, -0.25) is 4.79 Å². The molecule has 0 bridgehead atoms. The van der Waals surface area contributed by atoms with Crippen molar-refractivity contribution in [1.29, 1.82) is 0 Å². The van der Waals surface area contributed by atoms with E-state index in [9.17, 15) is 4.79 Å². The molecule has 0 atom stereocenters. The number of carboxylic acid groups (broad SMARTS) is 1. The minimum atomic E-state index is -0.670. The Labute approximate surface area is 174 Å². The van der Waals surface area contributed by atoms with Gasteiger partial charge in [0.15, 0.2) is 0 Å². The van der Waals surface area contributed by atoms with Gasteiger partial charge in [0.2, 0.25) is 0 Å². The Bertz CT molecular complexity index is 517. The SMILES string of the molecule is CC(C)=CCCC(C)=CCCC(C)=CCC=CCCCCCCCCC(=O)O. The third-order valence-corrected chi connectivity index (χ3v) is 4.90. The fourth-order valence-electron chi connectivity index (χ4n) is 3.07. The molecule has 0 radical (unpaired) electrons. The van der Waals surface area contributed by atoms with E-state index < -0.39 is 5.97 Å². The average molecular weight is 389 g/mol. The molecule has 0 spiro atoms. The molecular weight excluding hydrogens is 344 g/mol. The lowest BCUT2D eigenvalue weighted by molar-refractivity contribution is -0.137. The Morgan fingerprint density at radius 3 is 1.86 bits per heavy atom. The van der Waals surface area contributed by atoms with E-state index in [0.717, 1.165) is 44.9 Å². The van der Waals surface area contributed by atoms with Gasteiger partial charge in [-0.15, -0.1) is 0 Å². The van der Waals surface area contributed by atoms with Gasteiger partial charge in [0.25, 0.3) is 0 Å². The minimum Gasteiger partial charge on any atom is -0.481 e. The molecule has 0 heterocycles. The van der Waals surface area contributed by atoms with Crippen molar-refractivity contribution in [1.82, 2.24) is 0 Å². The highest BCUT2D eigenvalue weighted by Crippen LogP contribution is 2.12. The van der Waals surface area contributed by atoms with Crippen LogP contribution in [0.15, 0.2) is 47.1 Å². The summed E-state index contributed by atoms with van der Waals surface area (Å²) in [5.41, 5.74) is 4.40. The van der Waals surface area contributed by atoms with E-state index in [4.69, 9.17) is 5.11 Å². The van der Waals surface area contributed by atoms with Gasteiger partial charge >= 0.3 is 5.97 Å². The zero-order chi connectivity index (χ0) is 21.0. The number of rotatable bonds is 17. The van der Waals surface area contributed by atoms with E-state index in [0.29, 0.717) is 6.42 Å². The molecular formula is C26H44O2. The zero-order valence-corrected chi connectivity index (χ0v) is 18.9. The number of carbonyl (C=O) groups is 1. The van der Waals surface area contributed by atoms with Crippen molar-refractivity contribution >= 4 is 5.97 Å². The highest BCUT2D eigenvalue weighted by Gasteiger charge is 1.96. The Hall–Kier alpha value is -1.57.